The zero-order chi connectivity index (χ0) is 21.4. The summed E-state index contributed by atoms with van der Waals surface area (Å²) in [4.78, 5) is 24.7. The van der Waals surface area contributed by atoms with Crippen LogP contribution in [-0.4, -0.2) is 34.0 Å². The van der Waals surface area contributed by atoms with E-state index in [1.54, 1.807) is 54.6 Å². The molecule has 0 radical (unpaired) electrons. The van der Waals surface area contributed by atoms with E-state index in [0.29, 0.717) is 26.9 Å². The van der Waals surface area contributed by atoms with Crippen LogP contribution in [0, 0.1) is 17.2 Å². The minimum absolute atomic E-state index is 0.324. The van der Waals surface area contributed by atoms with Gasteiger partial charge in [-0.05, 0) is 35.9 Å². The third-order valence-electron chi connectivity index (χ3n) is 5.18. The van der Waals surface area contributed by atoms with Crippen LogP contribution in [0.1, 0.15) is 17.2 Å². The van der Waals surface area contributed by atoms with Crippen LogP contribution in [-0.2, 0) is 9.59 Å². The number of aliphatic hydroxyl groups is 1. The summed E-state index contributed by atoms with van der Waals surface area (Å²) in [6.07, 6.45) is 2.26. The fourth-order valence-electron chi connectivity index (χ4n) is 3.66. The summed E-state index contributed by atoms with van der Waals surface area (Å²) in [5, 5.41) is 24.7. The monoisotopic (exact) mass is 442 g/mol. The molecule has 2 amide bonds. The zero-order valence-corrected chi connectivity index (χ0v) is 16.9. The van der Waals surface area contributed by atoms with Crippen LogP contribution in [0.15, 0.2) is 54.6 Å². The van der Waals surface area contributed by atoms with E-state index >= 15 is 0 Å². The van der Waals surface area contributed by atoms with Crippen LogP contribution < -0.4 is 10.7 Å². The average molecular weight is 443 g/mol. The smallest absolute Gasteiger partial charge is 0.246 e. The lowest BCUT2D eigenvalue weighted by Crippen LogP contribution is -2.55. The van der Waals surface area contributed by atoms with Crippen LogP contribution >= 0.6 is 23.2 Å². The van der Waals surface area contributed by atoms with E-state index in [1.165, 1.54) is 5.01 Å². The first kappa shape index (κ1) is 20.4. The van der Waals surface area contributed by atoms with Crippen LogP contribution in [0.5, 0.6) is 0 Å². The molecule has 4 atom stereocenters. The van der Waals surface area contributed by atoms with Gasteiger partial charge in [-0.15, -0.1) is 0 Å². The summed E-state index contributed by atoms with van der Waals surface area (Å²) >= 11 is 12.2. The first-order valence-corrected chi connectivity index (χ1v) is 9.86. The molecule has 2 aliphatic rings. The number of carbonyl (C=O) groups excluding carboxylic acids is 2. The number of halogens is 2. The molecule has 2 aliphatic heterocycles. The van der Waals surface area contributed by atoms with Gasteiger partial charge in [0, 0.05) is 5.02 Å². The number of aliphatic hydroxyl groups excluding tert-OH is 1. The van der Waals surface area contributed by atoms with Gasteiger partial charge < -0.3 is 10.5 Å². The molecule has 0 aliphatic carbocycles. The van der Waals surface area contributed by atoms with Crippen molar-refractivity contribution >= 4 is 40.7 Å². The number of imide groups is 1. The van der Waals surface area contributed by atoms with E-state index in [0.717, 1.165) is 0 Å². The lowest BCUT2D eigenvalue weighted by Gasteiger charge is -2.40. The van der Waals surface area contributed by atoms with Crippen LogP contribution in [0.2, 0.25) is 10.0 Å². The molecule has 9 heteroatoms. The minimum Gasteiger partial charge on any atom is -0.386 e. The topological polar surface area (TPSA) is 105 Å². The van der Waals surface area contributed by atoms with E-state index in [-0.39, 0.29) is 0 Å². The van der Waals surface area contributed by atoms with E-state index in [4.69, 9.17) is 28.5 Å². The standard InChI is InChI=1S/C21H16Cl2N4O3/c22-13-5-7-16(15(23)9-13)26-27-17(8-6-14-18(27)21(30)25-20(14)29)19(28)12-3-1-11(10-24)2-4-12/h1-9,14,17-19,26,28H,(H,25,29,30). The van der Waals surface area contributed by atoms with Crippen molar-refractivity contribution in [1.82, 2.24) is 10.3 Å². The summed E-state index contributed by atoms with van der Waals surface area (Å²) in [6, 6.07) is 11.8. The number of fused-ring (bicyclic) bond motifs is 1. The van der Waals surface area contributed by atoms with Crippen LogP contribution in [0.4, 0.5) is 5.69 Å². The number of hydrogen-bond acceptors (Lipinski definition) is 6. The van der Waals surface area contributed by atoms with Gasteiger partial charge in [-0.1, -0.05) is 47.5 Å². The van der Waals surface area contributed by atoms with Crippen molar-refractivity contribution in [3.8, 4) is 6.07 Å². The minimum atomic E-state index is -1.04. The second-order valence-corrected chi connectivity index (χ2v) is 7.87. The highest BCUT2D eigenvalue weighted by atomic mass is 35.5. The molecule has 7 nitrogen and oxygen atoms in total. The van der Waals surface area contributed by atoms with Crippen LogP contribution in [0.3, 0.4) is 0 Å². The van der Waals surface area contributed by atoms with Gasteiger partial charge in [0.25, 0.3) is 0 Å². The predicted molar refractivity (Wildman–Crippen MR) is 111 cm³/mol. The molecule has 1 saturated heterocycles. The number of amides is 2. The molecule has 1 fully saturated rings. The average Bonchev–Trinajstić information content (AvgIpc) is 3.03. The Morgan fingerprint density at radius 1 is 1.10 bits per heavy atom. The maximum Gasteiger partial charge on any atom is 0.246 e. The SMILES string of the molecule is N#Cc1ccc(C(O)C2C=CC3C(=O)NC(=O)C3N2Nc2ccc(Cl)cc2Cl)cc1. The molecule has 3 N–H and O–H groups in total. The van der Waals surface area contributed by atoms with Crippen molar-refractivity contribution in [2.75, 3.05) is 5.43 Å². The summed E-state index contributed by atoms with van der Waals surface area (Å²) < 4.78 is 0. The van der Waals surface area contributed by atoms with Crippen molar-refractivity contribution in [3.63, 3.8) is 0 Å². The van der Waals surface area contributed by atoms with Crippen LogP contribution in [0.25, 0.3) is 0 Å². The Labute approximate surface area is 182 Å². The molecule has 2 aromatic carbocycles. The molecule has 0 aromatic heterocycles. The molecule has 4 rings (SSSR count). The number of benzene rings is 2. The number of hydrogen-bond donors (Lipinski definition) is 3. The van der Waals surface area contributed by atoms with Crippen molar-refractivity contribution in [2.24, 2.45) is 5.92 Å². The predicted octanol–water partition coefficient (Wildman–Crippen LogP) is 2.81. The Morgan fingerprint density at radius 3 is 2.50 bits per heavy atom. The molecule has 30 heavy (non-hydrogen) atoms. The van der Waals surface area contributed by atoms with E-state index in [1.807, 2.05) is 6.07 Å². The van der Waals surface area contributed by atoms with Crippen molar-refractivity contribution in [3.05, 3.63) is 75.8 Å². The molecular formula is C21H16Cl2N4O3. The fourth-order valence-corrected chi connectivity index (χ4v) is 4.11. The van der Waals surface area contributed by atoms with Gasteiger partial charge >= 0.3 is 0 Å². The number of anilines is 1. The van der Waals surface area contributed by atoms with Gasteiger partial charge in [-0.2, -0.15) is 5.26 Å². The second kappa shape index (κ2) is 8.09. The number of nitrogens with zero attached hydrogens (tertiary/aromatic N) is 2. The number of nitrogens with one attached hydrogen (secondary N) is 2. The van der Waals surface area contributed by atoms with Gasteiger partial charge in [0.15, 0.2) is 0 Å². The third-order valence-corrected chi connectivity index (χ3v) is 5.73. The van der Waals surface area contributed by atoms with Crippen molar-refractivity contribution in [1.29, 1.82) is 5.26 Å². The Morgan fingerprint density at radius 2 is 1.83 bits per heavy atom. The highest BCUT2D eigenvalue weighted by Crippen LogP contribution is 2.35. The van der Waals surface area contributed by atoms with Gasteiger partial charge in [0.05, 0.1) is 40.4 Å². The number of hydrazine groups is 1. The lowest BCUT2D eigenvalue weighted by molar-refractivity contribution is -0.126. The maximum absolute atomic E-state index is 12.5. The van der Waals surface area contributed by atoms with E-state index < -0.39 is 35.9 Å². The highest BCUT2D eigenvalue weighted by Gasteiger charge is 2.49. The van der Waals surface area contributed by atoms with Gasteiger partial charge in [0.2, 0.25) is 11.8 Å². The largest absolute Gasteiger partial charge is 0.386 e. The van der Waals surface area contributed by atoms with Gasteiger partial charge in [0.1, 0.15) is 6.04 Å². The summed E-state index contributed by atoms with van der Waals surface area (Å²) in [5.74, 6) is -1.56. The van der Waals surface area contributed by atoms with Gasteiger partial charge in [-0.3, -0.25) is 14.9 Å². The molecule has 0 bridgehead atoms. The molecular weight excluding hydrogens is 427 g/mol. The molecule has 2 heterocycles. The lowest BCUT2D eigenvalue weighted by atomic mass is 9.90. The van der Waals surface area contributed by atoms with Gasteiger partial charge in [-0.25, -0.2) is 5.01 Å². The zero-order valence-electron chi connectivity index (χ0n) is 15.4. The molecule has 0 spiro atoms. The van der Waals surface area contributed by atoms with E-state index in [9.17, 15) is 14.7 Å². The normalized spacial score (nSPS) is 24.1. The third kappa shape index (κ3) is 3.66. The van der Waals surface area contributed by atoms with Crippen molar-refractivity contribution < 1.29 is 14.7 Å². The first-order valence-electron chi connectivity index (χ1n) is 9.10. The highest BCUT2D eigenvalue weighted by molar-refractivity contribution is 6.36. The number of rotatable bonds is 4. The number of carbonyl (C=O) groups is 2. The molecule has 4 unspecified atom stereocenters. The Hall–Kier alpha value is -2.89. The summed E-state index contributed by atoms with van der Waals surface area (Å²) in [6.45, 7) is 0. The maximum atomic E-state index is 12.5. The quantitative estimate of drug-likeness (QED) is 0.496. The Bertz CT molecular complexity index is 1080. The second-order valence-electron chi connectivity index (χ2n) is 7.02. The van der Waals surface area contributed by atoms with Crippen molar-refractivity contribution in [2.45, 2.75) is 18.2 Å². The molecule has 2 aromatic rings. The first-order chi connectivity index (χ1) is 14.4. The van der Waals surface area contributed by atoms with E-state index in [2.05, 4.69) is 10.7 Å². The summed E-state index contributed by atoms with van der Waals surface area (Å²) in [5.41, 5.74) is 4.58. The fraction of sp³-hybridized carbons (Fsp3) is 0.190. The summed E-state index contributed by atoms with van der Waals surface area (Å²) in [7, 11) is 0. The Balaban J connectivity index is 1.72. The number of nitriles is 1. The molecule has 0 saturated carbocycles. The molecule has 152 valence electrons. The Kier molecular flexibility index (Phi) is 5.50.